The van der Waals surface area contributed by atoms with Crippen molar-refractivity contribution in [3.8, 4) is 6.07 Å². The lowest BCUT2D eigenvalue weighted by Crippen LogP contribution is -2.31. The van der Waals surface area contributed by atoms with Crippen LogP contribution in [0.1, 0.15) is 6.92 Å². The zero-order chi connectivity index (χ0) is 13.9. The molecular weight excluding hydrogens is 274 g/mol. The number of rotatable bonds is 4. The average Bonchev–Trinajstić information content (AvgIpc) is 2.28. The Balaban J connectivity index is 3.10. The monoisotopic (exact) mass is 287 g/mol. The predicted molar refractivity (Wildman–Crippen MR) is 70.5 cm³/mol. The third-order valence-electron chi connectivity index (χ3n) is 2.40. The highest BCUT2D eigenvalue weighted by Gasteiger charge is 2.24. The summed E-state index contributed by atoms with van der Waals surface area (Å²) in [5, 5.41) is 8.77. The van der Waals surface area contributed by atoms with Gasteiger partial charge in [-0.15, -0.1) is 0 Å². The Labute approximate surface area is 112 Å². The molecule has 0 aliphatic heterocycles. The van der Waals surface area contributed by atoms with Gasteiger partial charge >= 0.3 is 0 Å². The van der Waals surface area contributed by atoms with Crippen LogP contribution in [0.15, 0.2) is 23.1 Å². The van der Waals surface area contributed by atoms with Gasteiger partial charge in [0.2, 0.25) is 10.0 Å². The molecule has 2 N–H and O–H groups in total. The van der Waals surface area contributed by atoms with Gasteiger partial charge in [-0.05, 0) is 25.1 Å². The lowest BCUT2D eigenvalue weighted by molar-refractivity contribution is 0.439. The molecule has 0 heterocycles. The van der Waals surface area contributed by atoms with Crippen LogP contribution in [0.2, 0.25) is 5.02 Å². The minimum absolute atomic E-state index is 0.00833. The largest absolute Gasteiger partial charge is 0.399 e. The molecule has 1 unspecified atom stereocenters. The van der Waals surface area contributed by atoms with E-state index < -0.39 is 15.9 Å². The first-order chi connectivity index (χ1) is 8.28. The number of anilines is 1. The molecule has 0 aliphatic rings. The lowest BCUT2D eigenvalue weighted by atomic mass is 10.2. The van der Waals surface area contributed by atoms with Crippen LogP contribution in [-0.2, 0) is 10.0 Å². The summed E-state index contributed by atoms with van der Waals surface area (Å²) in [6.07, 6.45) is 0. The smallest absolute Gasteiger partial charge is 0.244 e. The molecule has 18 heavy (non-hydrogen) atoms. The molecule has 1 aromatic rings. The maximum absolute atomic E-state index is 12.2. The zero-order valence-corrected chi connectivity index (χ0v) is 11.7. The highest BCUT2D eigenvalue weighted by Crippen LogP contribution is 2.26. The number of halogens is 1. The Bertz CT molecular complexity index is 580. The molecule has 0 radical (unpaired) electrons. The minimum Gasteiger partial charge on any atom is -0.399 e. The van der Waals surface area contributed by atoms with E-state index in [-0.39, 0.29) is 16.5 Å². The fraction of sp³-hybridized carbons (Fsp3) is 0.364. The zero-order valence-electron chi connectivity index (χ0n) is 10.1. The molecular formula is C11H14ClN3O2S. The van der Waals surface area contributed by atoms with Crippen LogP contribution in [-0.4, -0.2) is 26.3 Å². The Morgan fingerprint density at radius 1 is 1.56 bits per heavy atom. The van der Waals surface area contributed by atoms with Crippen molar-refractivity contribution in [1.29, 1.82) is 5.26 Å². The summed E-state index contributed by atoms with van der Waals surface area (Å²) in [6, 6.07) is 6.20. The normalized spacial score (nSPS) is 13.3. The molecule has 1 atom stereocenters. The van der Waals surface area contributed by atoms with Crippen molar-refractivity contribution in [2.45, 2.75) is 11.8 Å². The van der Waals surface area contributed by atoms with E-state index in [1.54, 1.807) is 6.92 Å². The first-order valence-electron chi connectivity index (χ1n) is 5.20. The van der Waals surface area contributed by atoms with E-state index in [0.717, 1.165) is 4.31 Å². The number of nitriles is 1. The van der Waals surface area contributed by atoms with Crippen LogP contribution in [0.4, 0.5) is 5.69 Å². The van der Waals surface area contributed by atoms with Gasteiger partial charge in [-0.25, -0.2) is 8.42 Å². The lowest BCUT2D eigenvalue weighted by Gasteiger charge is -2.19. The summed E-state index contributed by atoms with van der Waals surface area (Å²) in [7, 11) is -2.28. The van der Waals surface area contributed by atoms with Gasteiger partial charge in [0, 0.05) is 19.3 Å². The number of nitrogen functional groups attached to an aromatic ring is 1. The highest BCUT2D eigenvalue weighted by molar-refractivity contribution is 7.89. The maximum Gasteiger partial charge on any atom is 0.244 e. The van der Waals surface area contributed by atoms with E-state index in [0.29, 0.717) is 5.69 Å². The molecule has 0 amide bonds. The van der Waals surface area contributed by atoms with Crippen molar-refractivity contribution in [2.75, 3.05) is 19.3 Å². The third-order valence-corrected chi connectivity index (χ3v) is 4.70. The van der Waals surface area contributed by atoms with Crippen LogP contribution in [0, 0.1) is 17.2 Å². The van der Waals surface area contributed by atoms with Crippen molar-refractivity contribution in [3.63, 3.8) is 0 Å². The number of hydrogen-bond acceptors (Lipinski definition) is 4. The van der Waals surface area contributed by atoms with Crippen molar-refractivity contribution in [1.82, 2.24) is 4.31 Å². The van der Waals surface area contributed by atoms with E-state index in [1.165, 1.54) is 25.2 Å². The van der Waals surface area contributed by atoms with E-state index in [1.807, 2.05) is 6.07 Å². The standard InChI is InChI=1S/C11H14ClN3O2S/c1-8(6-13)7-15(2)18(16,17)11-4-3-9(14)5-10(11)12/h3-5,8H,7,14H2,1-2H3. The first kappa shape index (κ1) is 14.8. The van der Waals surface area contributed by atoms with Crippen molar-refractivity contribution in [2.24, 2.45) is 5.92 Å². The first-order valence-corrected chi connectivity index (χ1v) is 7.02. The van der Waals surface area contributed by atoms with Crippen LogP contribution in [0.25, 0.3) is 0 Å². The van der Waals surface area contributed by atoms with Gasteiger partial charge in [0.25, 0.3) is 0 Å². The van der Waals surface area contributed by atoms with Gasteiger partial charge in [0.05, 0.1) is 17.0 Å². The molecule has 0 aliphatic carbocycles. The molecule has 1 aromatic carbocycles. The minimum atomic E-state index is -3.70. The van der Waals surface area contributed by atoms with E-state index in [4.69, 9.17) is 22.6 Å². The van der Waals surface area contributed by atoms with Gasteiger partial charge in [-0.1, -0.05) is 11.6 Å². The third kappa shape index (κ3) is 3.13. The molecule has 0 fully saturated rings. The predicted octanol–water partition coefficient (Wildman–Crippen LogP) is 1.70. The topological polar surface area (TPSA) is 87.2 Å². The Kier molecular flexibility index (Phi) is 4.57. The highest BCUT2D eigenvalue weighted by atomic mass is 35.5. The Morgan fingerprint density at radius 2 is 2.17 bits per heavy atom. The summed E-state index contributed by atoms with van der Waals surface area (Å²) < 4.78 is 25.5. The SMILES string of the molecule is CC(C#N)CN(C)S(=O)(=O)c1ccc(N)cc1Cl. The van der Waals surface area contributed by atoms with Crippen LogP contribution < -0.4 is 5.73 Å². The molecule has 0 saturated carbocycles. The number of benzene rings is 1. The van der Waals surface area contributed by atoms with Gasteiger partial charge < -0.3 is 5.73 Å². The second kappa shape index (κ2) is 5.57. The molecule has 98 valence electrons. The molecule has 7 heteroatoms. The van der Waals surface area contributed by atoms with Crippen LogP contribution >= 0.6 is 11.6 Å². The second-order valence-corrected chi connectivity index (χ2v) is 6.43. The number of sulfonamides is 1. The van der Waals surface area contributed by atoms with Crippen molar-refractivity contribution in [3.05, 3.63) is 23.2 Å². The number of nitrogens with zero attached hydrogens (tertiary/aromatic N) is 2. The summed E-state index contributed by atoms with van der Waals surface area (Å²) in [4.78, 5) is -0.00833. The van der Waals surface area contributed by atoms with Crippen molar-refractivity contribution >= 4 is 27.3 Å². The second-order valence-electron chi connectivity index (χ2n) is 4.01. The quantitative estimate of drug-likeness (QED) is 0.854. The molecule has 0 aromatic heterocycles. The Morgan fingerprint density at radius 3 is 2.67 bits per heavy atom. The van der Waals surface area contributed by atoms with Crippen LogP contribution in [0.3, 0.4) is 0 Å². The molecule has 5 nitrogen and oxygen atoms in total. The maximum atomic E-state index is 12.2. The molecule has 0 bridgehead atoms. The summed E-state index contributed by atoms with van der Waals surface area (Å²) in [5.74, 6) is -0.391. The van der Waals surface area contributed by atoms with Gasteiger partial charge in [-0.2, -0.15) is 9.57 Å². The fourth-order valence-electron chi connectivity index (χ4n) is 1.42. The van der Waals surface area contributed by atoms with Gasteiger partial charge in [0.1, 0.15) is 4.90 Å². The van der Waals surface area contributed by atoms with Crippen LogP contribution in [0.5, 0.6) is 0 Å². The average molecular weight is 288 g/mol. The summed E-state index contributed by atoms with van der Waals surface area (Å²) in [5.41, 5.74) is 5.91. The van der Waals surface area contributed by atoms with E-state index in [2.05, 4.69) is 0 Å². The van der Waals surface area contributed by atoms with Crippen molar-refractivity contribution < 1.29 is 8.42 Å². The van der Waals surface area contributed by atoms with Gasteiger partial charge in [0.15, 0.2) is 0 Å². The van der Waals surface area contributed by atoms with Gasteiger partial charge in [-0.3, -0.25) is 0 Å². The number of hydrogen-bond donors (Lipinski definition) is 1. The Hall–Kier alpha value is -1.29. The summed E-state index contributed by atoms with van der Waals surface area (Å²) >= 11 is 5.88. The molecule has 0 spiro atoms. The van der Waals surface area contributed by atoms with E-state index in [9.17, 15) is 8.42 Å². The fourth-order valence-corrected chi connectivity index (χ4v) is 3.20. The van der Waals surface area contributed by atoms with E-state index >= 15 is 0 Å². The summed E-state index contributed by atoms with van der Waals surface area (Å²) in [6.45, 7) is 1.76. The number of nitrogens with two attached hydrogens (primary N) is 1. The molecule has 0 saturated heterocycles. The molecule has 1 rings (SSSR count).